The van der Waals surface area contributed by atoms with Gasteiger partial charge in [-0.1, -0.05) is 42.5 Å². The molecule has 1 heterocycles. The fourth-order valence-electron chi connectivity index (χ4n) is 2.88. The summed E-state index contributed by atoms with van der Waals surface area (Å²) >= 11 is 0. The Hall–Kier alpha value is -2.46. The number of aromatic nitrogens is 2. The maximum Gasteiger partial charge on any atom is 0.274 e. The van der Waals surface area contributed by atoms with Gasteiger partial charge >= 0.3 is 0 Å². The molecule has 3 aromatic rings. The molecule has 23 heavy (non-hydrogen) atoms. The third kappa shape index (κ3) is 3.03. The monoisotopic (exact) mass is 307 g/mol. The molecule has 0 aliphatic rings. The minimum atomic E-state index is -0.131. The van der Waals surface area contributed by atoms with Gasteiger partial charge in [0.15, 0.2) is 0 Å². The van der Waals surface area contributed by atoms with Crippen molar-refractivity contribution in [2.75, 3.05) is 0 Å². The van der Waals surface area contributed by atoms with Crippen LogP contribution in [0.25, 0.3) is 11.0 Å². The Bertz CT molecular complexity index is 871. The predicted octanol–water partition coefficient (Wildman–Crippen LogP) is 3.35. The van der Waals surface area contributed by atoms with Crippen molar-refractivity contribution in [1.82, 2.24) is 14.9 Å². The van der Waals surface area contributed by atoms with Crippen molar-refractivity contribution < 1.29 is 0 Å². The topological polar surface area (TPSA) is 46.9 Å². The van der Waals surface area contributed by atoms with E-state index in [9.17, 15) is 4.79 Å². The molecule has 2 atom stereocenters. The molecule has 2 unspecified atom stereocenters. The number of aryl methyl sites for hydroxylation is 1. The van der Waals surface area contributed by atoms with Crippen molar-refractivity contribution >= 4 is 11.0 Å². The average molecular weight is 307 g/mol. The first-order valence-electron chi connectivity index (χ1n) is 7.84. The molecule has 0 aliphatic carbocycles. The molecule has 0 saturated heterocycles. The van der Waals surface area contributed by atoms with Crippen LogP contribution in [-0.4, -0.2) is 9.55 Å². The van der Waals surface area contributed by atoms with E-state index in [4.69, 9.17) is 0 Å². The third-order valence-corrected chi connectivity index (χ3v) is 4.22. The van der Waals surface area contributed by atoms with Gasteiger partial charge in [-0.3, -0.25) is 4.79 Å². The van der Waals surface area contributed by atoms with E-state index in [0.29, 0.717) is 5.69 Å². The SMILES string of the molecule is CC(NC(C)c1nc2ccccc2n(C)c1=O)c1ccccc1. The molecule has 0 saturated carbocycles. The minimum Gasteiger partial charge on any atom is -0.308 e. The molecule has 4 heteroatoms. The largest absolute Gasteiger partial charge is 0.308 e. The maximum absolute atomic E-state index is 12.6. The molecule has 0 bridgehead atoms. The first kappa shape index (κ1) is 15.4. The molecule has 0 fully saturated rings. The van der Waals surface area contributed by atoms with Gasteiger partial charge in [-0.2, -0.15) is 0 Å². The molecular formula is C19H21N3O. The lowest BCUT2D eigenvalue weighted by atomic mass is 10.1. The summed E-state index contributed by atoms with van der Waals surface area (Å²) in [4.78, 5) is 17.2. The number of nitrogens with zero attached hydrogens (tertiary/aromatic N) is 2. The Morgan fingerprint density at radius 1 is 0.957 bits per heavy atom. The van der Waals surface area contributed by atoms with Crippen molar-refractivity contribution in [3.05, 3.63) is 76.2 Å². The summed E-state index contributed by atoms with van der Waals surface area (Å²) in [5, 5.41) is 3.47. The van der Waals surface area contributed by atoms with E-state index in [1.165, 1.54) is 5.56 Å². The standard InChI is InChI=1S/C19H21N3O/c1-13(15-9-5-4-6-10-15)20-14(2)18-19(23)22(3)17-12-8-7-11-16(17)21-18/h4-14,20H,1-3H3. The maximum atomic E-state index is 12.6. The van der Waals surface area contributed by atoms with Crippen LogP contribution in [0.3, 0.4) is 0 Å². The fraction of sp³-hybridized carbons (Fsp3) is 0.263. The van der Waals surface area contributed by atoms with Crippen molar-refractivity contribution in [2.45, 2.75) is 25.9 Å². The van der Waals surface area contributed by atoms with Crippen LogP contribution in [0.2, 0.25) is 0 Å². The van der Waals surface area contributed by atoms with E-state index >= 15 is 0 Å². The van der Waals surface area contributed by atoms with Crippen LogP contribution >= 0.6 is 0 Å². The smallest absolute Gasteiger partial charge is 0.274 e. The van der Waals surface area contributed by atoms with Crippen LogP contribution in [-0.2, 0) is 7.05 Å². The lowest BCUT2D eigenvalue weighted by molar-refractivity contribution is 0.481. The number of hydrogen-bond donors (Lipinski definition) is 1. The van der Waals surface area contributed by atoms with Gasteiger partial charge in [0.05, 0.1) is 17.1 Å². The lowest BCUT2D eigenvalue weighted by Gasteiger charge is -2.20. The number of fused-ring (bicyclic) bond motifs is 1. The van der Waals surface area contributed by atoms with Crippen LogP contribution in [0.15, 0.2) is 59.4 Å². The second-order valence-electron chi connectivity index (χ2n) is 5.87. The summed E-state index contributed by atoms with van der Waals surface area (Å²) in [6, 6.07) is 17.9. The summed E-state index contributed by atoms with van der Waals surface area (Å²) in [6.45, 7) is 4.08. The Kier molecular flexibility index (Phi) is 4.26. The van der Waals surface area contributed by atoms with Crippen molar-refractivity contribution in [3.8, 4) is 0 Å². The second kappa shape index (κ2) is 6.34. The molecule has 1 N–H and O–H groups in total. The van der Waals surface area contributed by atoms with E-state index < -0.39 is 0 Å². The highest BCUT2D eigenvalue weighted by molar-refractivity contribution is 5.74. The Morgan fingerprint density at radius 2 is 1.61 bits per heavy atom. The van der Waals surface area contributed by atoms with Crippen LogP contribution in [0, 0.1) is 0 Å². The quantitative estimate of drug-likeness (QED) is 0.804. The zero-order valence-electron chi connectivity index (χ0n) is 13.7. The van der Waals surface area contributed by atoms with E-state index in [-0.39, 0.29) is 17.6 Å². The third-order valence-electron chi connectivity index (χ3n) is 4.22. The molecule has 3 rings (SSSR count). The highest BCUT2D eigenvalue weighted by atomic mass is 16.1. The van der Waals surface area contributed by atoms with Gasteiger partial charge in [-0.15, -0.1) is 0 Å². The van der Waals surface area contributed by atoms with Gasteiger partial charge in [0.1, 0.15) is 5.69 Å². The molecule has 1 aromatic heterocycles. The lowest BCUT2D eigenvalue weighted by Crippen LogP contribution is -2.31. The molecule has 0 amide bonds. The van der Waals surface area contributed by atoms with E-state index in [1.807, 2.05) is 49.4 Å². The molecule has 0 radical (unpaired) electrons. The molecule has 4 nitrogen and oxygen atoms in total. The Morgan fingerprint density at radius 3 is 2.35 bits per heavy atom. The fourth-order valence-corrected chi connectivity index (χ4v) is 2.88. The molecule has 2 aromatic carbocycles. The first-order valence-corrected chi connectivity index (χ1v) is 7.84. The van der Waals surface area contributed by atoms with Gasteiger partial charge in [-0.05, 0) is 31.5 Å². The summed E-state index contributed by atoms with van der Waals surface area (Å²) in [5.41, 5.74) is 3.38. The van der Waals surface area contributed by atoms with Crippen molar-refractivity contribution in [1.29, 1.82) is 0 Å². The van der Waals surface area contributed by atoms with Crippen molar-refractivity contribution in [3.63, 3.8) is 0 Å². The van der Waals surface area contributed by atoms with Gasteiger partial charge in [0, 0.05) is 13.1 Å². The number of para-hydroxylation sites is 2. The first-order chi connectivity index (χ1) is 11.1. The highest BCUT2D eigenvalue weighted by Gasteiger charge is 2.17. The minimum absolute atomic E-state index is 0.0519. The van der Waals surface area contributed by atoms with E-state index in [1.54, 1.807) is 11.6 Å². The van der Waals surface area contributed by atoms with E-state index in [0.717, 1.165) is 11.0 Å². The molecule has 118 valence electrons. The summed E-state index contributed by atoms with van der Waals surface area (Å²) in [7, 11) is 1.79. The van der Waals surface area contributed by atoms with Gasteiger partial charge < -0.3 is 9.88 Å². The highest BCUT2D eigenvalue weighted by Crippen LogP contribution is 2.18. The zero-order chi connectivity index (χ0) is 16.4. The number of nitrogens with one attached hydrogen (secondary N) is 1. The van der Waals surface area contributed by atoms with Crippen LogP contribution in [0.4, 0.5) is 0 Å². The normalized spacial score (nSPS) is 13.9. The van der Waals surface area contributed by atoms with Gasteiger partial charge in [0.2, 0.25) is 0 Å². The number of hydrogen-bond acceptors (Lipinski definition) is 3. The molecular weight excluding hydrogens is 286 g/mol. The van der Waals surface area contributed by atoms with Gasteiger partial charge in [-0.25, -0.2) is 4.98 Å². The molecule has 0 aliphatic heterocycles. The Labute approximate surface area is 135 Å². The van der Waals surface area contributed by atoms with Crippen LogP contribution < -0.4 is 10.9 Å². The summed E-state index contributed by atoms with van der Waals surface area (Å²) < 4.78 is 1.67. The molecule has 0 spiro atoms. The summed E-state index contributed by atoms with van der Waals surface area (Å²) in [6.07, 6.45) is 0. The number of benzene rings is 2. The van der Waals surface area contributed by atoms with Crippen LogP contribution in [0.5, 0.6) is 0 Å². The second-order valence-corrected chi connectivity index (χ2v) is 5.87. The predicted molar refractivity (Wildman–Crippen MR) is 93.4 cm³/mol. The van der Waals surface area contributed by atoms with Crippen LogP contribution in [0.1, 0.15) is 37.2 Å². The van der Waals surface area contributed by atoms with Gasteiger partial charge in [0.25, 0.3) is 5.56 Å². The Balaban J connectivity index is 1.93. The average Bonchev–Trinajstić information content (AvgIpc) is 2.58. The van der Waals surface area contributed by atoms with E-state index in [2.05, 4.69) is 29.4 Å². The van der Waals surface area contributed by atoms with Crippen molar-refractivity contribution in [2.24, 2.45) is 7.05 Å². The zero-order valence-corrected chi connectivity index (χ0v) is 13.7. The number of rotatable bonds is 4. The summed E-state index contributed by atoms with van der Waals surface area (Å²) in [5.74, 6) is 0.